The van der Waals surface area contributed by atoms with Gasteiger partial charge < -0.3 is 14.2 Å². The molecular weight excluding hydrogens is 390 g/mol. The molecule has 0 bridgehead atoms. The van der Waals surface area contributed by atoms with E-state index in [1.54, 1.807) is 0 Å². The molecule has 1 N–H and O–H groups in total. The summed E-state index contributed by atoms with van der Waals surface area (Å²) in [6, 6.07) is 4.31. The Bertz CT molecular complexity index is 657. The number of benzene rings is 1. The molecule has 0 amide bonds. The van der Waals surface area contributed by atoms with Gasteiger partial charge in [-0.2, -0.15) is 0 Å². The Morgan fingerprint density at radius 2 is 2.26 bits per heavy atom. The van der Waals surface area contributed by atoms with Crippen molar-refractivity contribution in [2.24, 2.45) is 0 Å². The third kappa shape index (κ3) is 5.17. The van der Waals surface area contributed by atoms with Gasteiger partial charge in [0.1, 0.15) is 5.75 Å². The van der Waals surface area contributed by atoms with Crippen LogP contribution in [0.4, 0.5) is 0 Å². The Balaban J connectivity index is 2.01. The van der Waals surface area contributed by atoms with Gasteiger partial charge in [-0.3, -0.25) is 0 Å². The summed E-state index contributed by atoms with van der Waals surface area (Å²) in [6.07, 6.45) is 1.73. The van der Waals surface area contributed by atoms with Gasteiger partial charge in [0.15, 0.2) is 6.61 Å². The molecule has 0 unspecified atom stereocenters. The van der Waals surface area contributed by atoms with Crippen molar-refractivity contribution >= 4 is 31.9 Å². The first-order chi connectivity index (χ1) is 10.9. The zero-order valence-corrected chi connectivity index (χ0v) is 15.0. The molecule has 1 heterocycles. The maximum absolute atomic E-state index is 12.3. The summed E-state index contributed by atoms with van der Waals surface area (Å²) < 4.78 is 42.6. The number of sulfonamides is 1. The summed E-state index contributed by atoms with van der Waals surface area (Å²) in [5, 5.41) is 0. The summed E-state index contributed by atoms with van der Waals surface area (Å²) >= 11 is 3.24. The fraction of sp³-hybridized carbons (Fsp3) is 0.500. The molecule has 1 atom stereocenters. The predicted octanol–water partition coefficient (Wildman–Crippen LogP) is 1.46. The fourth-order valence-corrected chi connectivity index (χ4v) is 3.79. The summed E-state index contributed by atoms with van der Waals surface area (Å²) in [5.41, 5.74) is 0. The highest BCUT2D eigenvalue weighted by molar-refractivity contribution is 9.10. The number of ether oxygens (including phenoxy) is 3. The van der Waals surface area contributed by atoms with Crippen molar-refractivity contribution in [3.8, 4) is 5.75 Å². The molecule has 1 aliphatic heterocycles. The minimum Gasteiger partial charge on any atom is -0.481 e. The molecule has 7 nitrogen and oxygen atoms in total. The van der Waals surface area contributed by atoms with Crippen LogP contribution in [0.5, 0.6) is 5.75 Å². The smallest absolute Gasteiger partial charge is 0.343 e. The Labute approximate surface area is 143 Å². The van der Waals surface area contributed by atoms with Gasteiger partial charge in [0.25, 0.3) is 0 Å². The first-order valence-corrected chi connectivity index (χ1v) is 9.30. The fourth-order valence-electron chi connectivity index (χ4n) is 2.05. The van der Waals surface area contributed by atoms with E-state index in [9.17, 15) is 13.2 Å². The second-order valence-electron chi connectivity index (χ2n) is 4.94. The van der Waals surface area contributed by atoms with Crippen LogP contribution in [0.3, 0.4) is 0 Å². The Kier molecular flexibility index (Phi) is 6.40. The lowest BCUT2D eigenvalue weighted by molar-refractivity contribution is -0.142. The van der Waals surface area contributed by atoms with E-state index >= 15 is 0 Å². The Morgan fingerprint density at radius 1 is 1.48 bits per heavy atom. The molecule has 1 fully saturated rings. The lowest BCUT2D eigenvalue weighted by atomic mass is 10.2. The second kappa shape index (κ2) is 8.09. The van der Waals surface area contributed by atoms with Gasteiger partial charge in [-0.15, -0.1) is 0 Å². The van der Waals surface area contributed by atoms with Crippen LogP contribution < -0.4 is 9.46 Å². The van der Waals surface area contributed by atoms with Crippen molar-refractivity contribution in [1.29, 1.82) is 0 Å². The van der Waals surface area contributed by atoms with Crippen molar-refractivity contribution in [3.05, 3.63) is 22.7 Å². The normalized spacial score (nSPS) is 17.9. The number of hydrogen-bond acceptors (Lipinski definition) is 6. The first-order valence-electron chi connectivity index (χ1n) is 7.03. The van der Waals surface area contributed by atoms with Crippen LogP contribution in [0, 0.1) is 0 Å². The molecule has 1 aromatic carbocycles. The van der Waals surface area contributed by atoms with Gasteiger partial charge in [-0.1, -0.05) is 0 Å². The number of esters is 1. The molecule has 0 radical (unpaired) electrons. The first kappa shape index (κ1) is 18.2. The van der Waals surface area contributed by atoms with Crippen molar-refractivity contribution in [2.45, 2.75) is 23.8 Å². The molecule has 9 heteroatoms. The maximum atomic E-state index is 12.3. The minimum absolute atomic E-state index is 0.0733. The lowest BCUT2D eigenvalue weighted by Crippen LogP contribution is -2.31. The average molecular weight is 408 g/mol. The van der Waals surface area contributed by atoms with E-state index in [4.69, 9.17) is 9.47 Å². The quantitative estimate of drug-likeness (QED) is 0.687. The van der Waals surface area contributed by atoms with Crippen LogP contribution in [0.2, 0.25) is 0 Å². The molecule has 128 valence electrons. The highest BCUT2D eigenvalue weighted by Gasteiger charge is 2.21. The monoisotopic (exact) mass is 407 g/mol. The zero-order valence-electron chi connectivity index (χ0n) is 12.6. The number of carbonyl (C=O) groups excluding carboxylic acids is 1. The van der Waals surface area contributed by atoms with Gasteiger partial charge in [0.05, 0.1) is 22.6 Å². The number of halogens is 1. The van der Waals surface area contributed by atoms with E-state index < -0.39 is 16.0 Å². The Hall–Kier alpha value is -1.16. The molecule has 1 aliphatic rings. The zero-order chi connectivity index (χ0) is 16.9. The third-order valence-corrected chi connectivity index (χ3v) is 5.35. The number of carbonyl (C=O) groups is 1. The van der Waals surface area contributed by atoms with Gasteiger partial charge in [0.2, 0.25) is 10.0 Å². The van der Waals surface area contributed by atoms with Crippen LogP contribution in [0.25, 0.3) is 0 Å². The largest absolute Gasteiger partial charge is 0.481 e. The van der Waals surface area contributed by atoms with Crippen molar-refractivity contribution in [1.82, 2.24) is 4.72 Å². The van der Waals surface area contributed by atoms with E-state index in [2.05, 4.69) is 25.4 Å². The molecular formula is C14H18BrNO6S. The average Bonchev–Trinajstić information content (AvgIpc) is 3.05. The van der Waals surface area contributed by atoms with E-state index in [0.717, 1.165) is 12.8 Å². The van der Waals surface area contributed by atoms with E-state index in [1.165, 1.54) is 25.3 Å². The third-order valence-electron chi connectivity index (χ3n) is 3.31. The number of hydrogen-bond donors (Lipinski definition) is 1. The molecule has 23 heavy (non-hydrogen) atoms. The highest BCUT2D eigenvalue weighted by Crippen LogP contribution is 2.28. The van der Waals surface area contributed by atoms with Crippen LogP contribution in [0.15, 0.2) is 27.6 Å². The van der Waals surface area contributed by atoms with Gasteiger partial charge in [0, 0.05) is 13.2 Å². The van der Waals surface area contributed by atoms with Gasteiger partial charge >= 0.3 is 5.97 Å². The lowest BCUT2D eigenvalue weighted by Gasteiger charge is -2.12. The van der Waals surface area contributed by atoms with Crippen LogP contribution in [-0.4, -0.2) is 47.4 Å². The number of nitrogens with one attached hydrogen (secondary N) is 1. The predicted molar refractivity (Wildman–Crippen MR) is 85.8 cm³/mol. The number of rotatable bonds is 7. The Morgan fingerprint density at radius 3 is 2.87 bits per heavy atom. The molecule has 1 aromatic rings. The summed E-state index contributed by atoms with van der Waals surface area (Å²) in [6.45, 7) is 0.670. The molecule has 0 saturated carbocycles. The van der Waals surface area contributed by atoms with Crippen LogP contribution in [-0.2, 0) is 24.3 Å². The van der Waals surface area contributed by atoms with Crippen LogP contribution >= 0.6 is 15.9 Å². The molecule has 0 aliphatic carbocycles. The van der Waals surface area contributed by atoms with E-state index in [1.807, 2.05) is 0 Å². The number of methoxy groups -OCH3 is 1. The van der Waals surface area contributed by atoms with E-state index in [0.29, 0.717) is 16.8 Å². The molecule has 0 aromatic heterocycles. The molecule has 0 spiro atoms. The maximum Gasteiger partial charge on any atom is 0.343 e. The van der Waals surface area contributed by atoms with Crippen molar-refractivity contribution < 1.29 is 27.4 Å². The second-order valence-corrected chi connectivity index (χ2v) is 7.57. The summed E-state index contributed by atoms with van der Waals surface area (Å²) in [5.74, 6) is -0.166. The minimum atomic E-state index is -3.63. The summed E-state index contributed by atoms with van der Waals surface area (Å²) in [7, 11) is -2.37. The van der Waals surface area contributed by atoms with Crippen molar-refractivity contribution in [2.75, 3.05) is 26.9 Å². The van der Waals surface area contributed by atoms with Crippen molar-refractivity contribution in [3.63, 3.8) is 0 Å². The SMILES string of the molecule is COC(=O)COc1ccc(S(=O)(=O)NC[C@H]2CCCO2)cc1Br. The molecule has 2 rings (SSSR count). The van der Waals surface area contributed by atoms with Crippen LogP contribution in [0.1, 0.15) is 12.8 Å². The molecule has 1 saturated heterocycles. The topological polar surface area (TPSA) is 90.9 Å². The highest BCUT2D eigenvalue weighted by atomic mass is 79.9. The summed E-state index contributed by atoms with van der Waals surface area (Å²) in [4.78, 5) is 11.2. The standard InChI is InChI=1S/C14H18BrNO6S/c1-20-14(17)9-22-13-5-4-11(7-12(13)15)23(18,19)16-8-10-3-2-6-21-10/h4-5,7,10,16H,2-3,6,8-9H2,1H3/t10-/m1/s1. The van der Waals surface area contributed by atoms with Gasteiger partial charge in [-0.05, 0) is 47.0 Å². The van der Waals surface area contributed by atoms with E-state index in [-0.39, 0.29) is 24.2 Å². The van der Waals surface area contributed by atoms with Gasteiger partial charge in [-0.25, -0.2) is 17.9 Å².